The number of β-amino-alcohol motifs (C(OH)–C–C–N with tert-alkyl or cyclic N) is 1. The summed E-state index contributed by atoms with van der Waals surface area (Å²) in [5.74, 6) is -0.271. The number of ether oxygens (including phenoxy) is 1. The van der Waals surface area contributed by atoms with Crippen LogP contribution in [0.4, 0.5) is 0 Å². The molecule has 9 heteroatoms. The highest BCUT2D eigenvalue weighted by Crippen LogP contribution is 2.12. The van der Waals surface area contributed by atoms with Crippen LogP contribution in [0.2, 0.25) is 0 Å². The van der Waals surface area contributed by atoms with Gasteiger partial charge < -0.3 is 31.1 Å². The number of hydrogen-bond donors (Lipinski definition) is 5. The van der Waals surface area contributed by atoms with Crippen LogP contribution in [-0.4, -0.2) is 125 Å². The number of carbonyl (C=O) groups excluding carboxylic acids is 1. The molecule has 9 nitrogen and oxygen atoms in total. The van der Waals surface area contributed by atoms with Gasteiger partial charge in [-0.3, -0.25) is 14.6 Å². The number of aliphatic hydroxyl groups excluding tert-OH is 1. The summed E-state index contributed by atoms with van der Waals surface area (Å²) in [6.45, 7) is 11.3. The number of nitrogens with zero attached hydrogens (tertiary/aromatic N) is 2. The van der Waals surface area contributed by atoms with Gasteiger partial charge in [-0.1, -0.05) is 0 Å². The van der Waals surface area contributed by atoms with Crippen molar-refractivity contribution in [1.82, 2.24) is 31.1 Å². The van der Waals surface area contributed by atoms with Crippen molar-refractivity contribution in [3.05, 3.63) is 0 Å². The second-order valence-electron chi connectivity index (χ2n) is 7.25. The van der Waals surface area contributed by atoms with Crippen molar-refractivity contribution in [2.45, 2.75) is 18.6 Å². The standard InChI is InChI=1S/C18H38N6O3/c1-27-18(26)14-16(24-12-8-21-4-5-22-9-13-24)17(25)15-23-10-6-19-2-3-20-7-11-23/h16-17,19-22,25H,2-15H2,1H3. The molecular weight excluding hydrogens is 348 g/mol. The predicted molar refractivity (Wildman–Crippen MR) is 106 cm³/mol. The smallest absolute Gasteiger partial charge is 0.307 e. The van der Waals surface area contributed by atoms with Crippen molar-refractivity contribution in [2.75, 3.05) is 92.2 Å². The van der Waals surface area contributed by atoms with E-state index in [0.717, 1.165) is 78.5 Å². The maximum absolute atomic E-state index is 12.0. The van der Waals surface area contributed by atoms with Crippen LogP contribution >= 0.6 is 0 Å². The third kappa shape index (κ3) is 8.82. The average molecular weight is 387 g/mol. The van der Waals surface area contributed by atoms with Gasteiger partial charge in [0, 0.05) is 91.1 Å². The van der Waals surface area contributed by atoms with Gasteiger partial charge in [0.1, 0.15) is 0 Å². The molecule has 0 amide bonds. The fourth-order valence-electron chi connectivity index (χ4n) is 3.66. The second-order valence-corrected chi connectivity index (χ2v) is 7.25. The second kappa shape index (κ2) is 13.4. The summed E-state index contributed by atoms with van der Waals surface area (Å²) in [5, 5.41) is 24.6. The lowest BCUT2D eigenvalue weighted by atomic mass is 10.0. The summed E-state index contributed by atoms with van der Waals surface area (Å²) in [7, 11) is 1.41. The number of rotatable bonds is 6. The average Bonchev–Trinajstić information content (AvgIpc) is 2.89. The molecule has 0 spiro atoms. The van der Waals surface area contributed by atoms with Gasteiger partial charge in [-0.05, 0) is 0 Å². The van der Waals surface area contributed by atoms with Crippen molar-refractivity contribution in [3.63, 3.8) is 0 Å². The number of nitrogens with one attached hydrogen (secondary N) is 4. The minimum absolute atomic E-state index is 0.210. The van der Waals surface area contributed by atoms with Gasteiger partial charge >= 0.3 is 5.97 Å². The first-order valence-electron chi connectivity index (χ1n) is 10.2. The van der Waals surface area contributed by atoms with E-state index in [2.05, 4.69) is 31.1 Å². The first-order valence-corrected chi connectivity index (χ1v) is 10.2. The zero-order valence-corrected chi connectivity index (χ0v) is 16.7. The Hall–Kier alpha value is -0.810. The van der Waals surface area contributed by atoms with Crippen LogP contribution in [0.1, 0.15) is 6.42 Å². The molecule has 2 atom stereocenters. The summed E-state index contributed by atoms with van der Waals surface area (Å²) >= 11 is 0. The number of esters is 1. The molecule has 0 radical (unpaired) electrons. The number of aliphatic hydroxyl groups is 1. The molecule has 5 N–H and O–H groups in total. The van der Waals surface area contributed by atoms with E-state index in [0.29, 0.717) is 6.54 Å². The van der Waals surface area contributed by atoms with Gasteiger partial charge in [0.15, 0.2) is 0 Å². The molecule has 0 bridgehead atoms. The minimum atomic E-state index is -0.606. The zero-order valence-electron chi connectivity index (χ0n) is 16.7. The SMILES string of the molecule is COC(=O)CC(C(O)CN1CCNCCNCC1)N1CCNCCNCC1. The van der Waals surface area contributed by atoms with E-state index < -0.39 is 6.10 Å². The van der Waals surface area contributed by atoms with Gasteiger partial charge in [-0.15, -0.1) is 0 Å². The molecule has 2 fully saturated rings. The lowest BCUT2D eigenvalue weighted by Gasteiger charge is -2.36. The van der Waals surface area contributed by atoms with Crippen LogP contribution < -0.4 is 21.3 Å². The van der Waals surface area contributed by atoms with E-state index in [1.54, 1.807) is 0 Å². The molecule has 0 aromatic heterocycles. The number of hydrogen-bond acceptors (Lipinski definition) is 9. The molecule has 0 aromatic carbocycles. The molecule has 2 aliphatic rings. The normalized spacial score (nSPS) is 24.4. The molecular formula is C18H38N6O3. The Morgan fingerprint density at radius 3 is 1.85 bits per heavy atom. The van der Waals surface area contributed by atoms with Crippen molar-refractivity contribution < 1.29 is 14.6 Å². The predicted octanol–water partition coefficient (Wildman–Crippen LogP) is -2.73. The van der Waals surface area contributed by atoms with Crippen LogP contribution in [0.25, 0.3) is 0 Å². The maximum atomic E-state index is 12.0. The topological polar surface area (TPSA) is 101 Å². The van der Waals surface area contributed by atoms with Crippen molar-refractivity contribution in [3.8, 4) is 0 Å². The molecule has 2 saturated heterocycles. The Labute approximate surface area is 163 Å². The lowest BCUT2D eigenvalue weighted by molar-refractivity contribution is -0.143. The Kier molecular flexibility index (Phi) is 11.1. The summed E-state index contributed by atoms with van der Waals surface area (Å²) in [4.78, 5) is 16.5. The van der Waals surface area contributed by atoms with Crippen LogP contribution in [0.5, 0.6) is 0 Å². The van der Waals surface area contributed by atoms with E-state index in [-0.39, 0.29) is 18.4 Å². The first kappa shape index (κ1) is 22.5. The largest absolute Gasteiger partial charge is 0.469 e. The highest BCUT2D eigenvalue weighted by atomic mass is 16.5. The van der Waals surface area contributed by atoms with Crippen molar-refractivity contribution >= 4 is 5.97 Å². The molecule has 0 aliphatic carbocycles. The quantitative estimate of drug-likeness (QED) is 0.312. The van der Waals surface area contributed by atoms with E-state index in [9.17, 15) is 9.90 Å². The minimum Gasteiger partial charge on any atom is -0.469 e. The van der Waals surface area contributed by atoms with E-state index in [1.807, 2.05) is 0 Å². The Morgan fingerprint density at radius 2 is 1.37 bits per heavy atom. The Morgan fingerprint density at radius 1 is 0.889 bits per heavy atom. The zero-order chi connectivity index (χ0) is 19.3. The monoisotopic (exact) mass is 386 g/mol. The molecule has 0 saturated carbocycles. The lowest BCUT2D eigenvalue weighted by Crippen LogP contribution is -2.53. The molecule has 2 rings (SSSR count). The fourth-order valence-corrected chi connectivity index (χ4v) is 3.66. The molecule has 27 heavy (non-hydrogen) atoms. The molecule has 2 heterocycles. The third-order valence-corrected chi connectivity index (χ3v) is 5.28. The number of carbonyl (C=O) groups is 1. The summed E-state index contributed by atoms with van der Waals surface area (Å²) in [6.07, 6.45) is -0.396. The molecule has 2 aliphatic heterocycles. The van der Waals surface area contributed by atoms with Gasteiger partial charge in [0.05, 0.1) is 19.6 Å². The summed E-state index contributed by atoms with van der Waals surface area (Å²) in [6, 6.07) is -0.243. The molecule has 0 aromatic rings. The van der Waals surface area contributed by atoms with E-state index in [1.165, 1.54) is 7.11 Å². The van der Waals surface area contributed by atoms with Gasteiger partial charge in [-0.2, -0.15) is 0 Å². The third-order valence-electron chi connectivity index (χ3n) is 5.28. The maximum Gasteiger partial charge on any atom is 0.307 e. The Balaban J connectivity index is 1.99. The Bertz CT molecular complexity index is 395. The molecule has 158 valence electrons. The summed E-state index contributed by atoms with van der Waals surface area (Å²) < 4.78 is 4.90. The van der Waals surface area contributed by atoms with Gasteiger partial charge in [0.25, 0.3) is 0 Å². The van der Waals surface area contributed by atoms with E-state index in [4.69, 9.17) is 4.74 Å². The van der Waals surface area contributed by atoms with Crippen LogP contribution in [0, 0.1) is 0 Å². The van der Waals surface area contributed by atoms with Gasteiger partial charge in [0.2, 0.25) is 0 Å². The first-order chi connectivity index (χ1) is 13.2. The molecule has 2 unspecified atom stereocenters. The number of methoxy groups -OCH3 is 1. The van der Waals surface area contributed by atoms with Gasteiger partial charge in [-0.25, -0.2) is 0 Å². The van der Waals surface area contributed by atoms with E-state index >= 15 is 0 Å². The fraction of sp³-hybridized carbons (Fsp3) is 0.944. The highest BCUT2D eigenvalue weighted by molar-refractivity contribution is 5.70. The van der Waals surface area contributed by atoms with Crippen molar-refractivity contribution in [2.24, 2.45) is 0 Å². The van der Waals surface area contributed by atoms with Crippen LogP contribution in [0.15, 0.2) is 0 Å². The van der Waals surface area contributed by atoms with Crippen LogP contribution in [-0.2, 0) is 9.53 Å². The summed E-state index contributed by atoms with van der Waals surface area (Å²) in [5.41, 5.74) is 0. The highest BCUT2D eigenvalue weighted by Gasteiger charge is 2.30. The van der Waals surface area contributed by atoms with Crippen LogP contribution in [0.3, 0.4) is 0 Å². The van der Waals surface area contributed by atoms with Crippen molar-refractivity contribution in [1.29, 1.82) is 0 Å².